The van der Waals surface area contributed by atoms with Gasteiger partial charge in [0.05, 0.1) is 30.4 Å². The van der Waals surface area contributed by atoms with E-state index in [9.17, 15) is 33.9 Å². The van der Waals surface area contributed by atoms with E-state index < -0.39 is 85.2 Å². The van der Waals surface area contributed by atoms with Gasteiger partial charge in [0.2, 0.25) is 23.6 Å². The summed E-state index contributed by atoms with van der Waals surface area (Å²) in [6.07, 6.45) is 3.73. The fourth-order valence-corrected chi connectivity index (χ4v) is 10.4. The fourth-order valence-electron chi connectivity index (χ4n) is 10.4. The molecule has 0 aromatic heterocycles. The van der Waals surface area contributed by atoms with E-state index in [1.165, 1.54) is 5.56 Å². The van der Waals surface area contributed by atoms with Gasteiger partial charge in [0.25, 0.3) is 11.8 Å². The van der Waals surface area contributed by atoms with Crippen molar-refractivity contribution in [2.24, 2.45) is 40.6 Å². The molecule has 4 fully saturated rings. The number of carbonyl (C=O) groups excluding carboxylic acids is 6. The number of aliphatic hydroxyl groups excluding tert-OH is 1. The van der Waals surface area contributed by atoms with Crippen LogP contribution in [0.2, 0.25) is 0 Å². The van der Waals surface area contributed by atoms with Crippen molar-refractivity contribution >= 4 is 42.6 Å². The number of unbranched alkanes of at least 4 members (excludes halogenated alkanes) is 2. The number of amides is 6. The Balaban J connectivity index is 1.17. The lowest BCUT2D eigenvalue weighted by Gasteiger charge is -2.64. The molecule has 0 spiro atoms. The van der Waals surface area contributed by atoms with Crippen LogP contribution >= 0.6 is 0 Å². The standard InChI is InChI=1S/C54H85BN8O10/c1-10-11-14-35-16-18-36(19-17-35)37-20-22-38(23-21-37)48(66)58-26-24-45(65)59-40(15-12-13-25-56)49(67)62-46(34(6)71-31-33(4)5)51(69)63-47(57)52(70)60-41(27-32(2)3)50(68)61-44(30-64)55-72-43-29-39-28-42(53(39,7)8)54(43,9)73-55/h16-23,32-34,39-44,46-47,64H,10-15,24-31,56-57H2,1-9H3,(H,58,66)(H,59,65)(H,60,70)(H,61,68)(H,62,67)(H,63,69)/t34-,39+,40+,41+,42+,43?,44+,46+,47-,54+/m1/s1. The molecule has 2 aromatic carbocycles. The third-order valence-corrected chi connectivity index (χ3v) is 15.0. The largest absolute Gasteiger partial charge is 0.484 e. The maximum atomic E-state index is 14.0. The molecule has 1 saturated heterocycles. The number of aryl methyl sites for hydroxylation is 1. The maximum Gasteiger partial charge on any atom is 0.484 e. The van der Waals surface area contributed by atoms with E-state index in [0.29, 0.717) is 30.9 Å². The molecule has 3 saturated carbocycles. The van der Waals surface area contributed by atoms with Crippen molar-refractivity contribution in [2.45, 2.75) is 175 Å². The number of nitrogens with one attached hydrogen (secondary N) is 6. The number of benzene rings is 2. The average Bonchev–Trinajstić information content (AvgIpc) is 3.72. The van der Waals surface area contributed by atoms with E-state index >= 15 is 0 Å². The molecular weight excluding hydrogens is 931 g/mol. The Hall–Kier alpha value is -4.92. The highest BCUT2D eigenvalue weighted by atomic mass is 16.7. The Morgan fingerprint density at radius 1 is 0.795 bits per heavy atom. The van der Waals surface area contributed by atoms with Crippen LogP contribution in [0.3, 0.4) is 0 Å². The second-order valence-electron chi connectivity index (χ2n) is 22.0. The van der Waals surface area contributed by atoms with Crippen molar-refractivity contribution in [1.82, 2.24) is 31.9 Å². The van der Waals surface area contributed by atoms with Crippen LogP contribution in [0.1, 0.15) is 136 Å². The SMILES string of the molecule is CCCCc1ccc(-c2ccc(C(=O)NCCC(=O)N[C@@H](CCCCN)C(=O)N[C@H](C(=O)N[C@@H](N)C(=O)N[C@@H](CC(C)C)C(=O)N[C@@H](CO)B3OC4C[C@@H]5C[C@@H](C5(C)C)[C@]4(C)O3)[C@@H](C)OCC(C)C)cc2)cc1. The molecule has 1 unspecified atom stereocenters. The van der Waals surface area contributed by atoms with Gasteiger partial charge in [-0.2, -0.15) is 0 Å². The van der Waals surface area contributed by atoms with Crippen molar-refractivity contribution in [1.29, 1.82) is 0 Å². The van der Waals surface area contributed by atoms with Crippen LogP contribution in [-0.4, -0.2) is 122 Å². The van der Waals surface area contributed by atoms with Crippen molar-refractivity contribution in [3.8, 4) is 11.1 Å². The van der Waals surface area contributed by atoms with Crippen LogP contribution in [0.4, 0.5) is 0 Å². The van der Waals surface area contributed by atoms with Gasteiger partial charge in [-0.1, -0.05) is 91.3 Å². The summed E-state index contributed by atoms with van der Waals surface area (Å²) in [6, 6.07) is 12.1. The predicted molar refractivity (Wildman–Crippen MR) is 281 cm³/mol. The number of rotatable bonds is 29. The van der Waals surface area contributed by atoms with Crippen molar-refractivity contribution in [3.63, 3.8) is 0 Å². The van der Waals surface area contributed by atoms with Crippen molar-refractivity contribution in [2.75, 3.05) is 26.3 Å². The monoisotopic (exact) mass is 1020 g/mol. The van der Waals surface area contributed by atoms with Crippen LogP contribution < -0.4 is 43.4 Å². The number of nitrogens with two attached hydrogens (primary N) is 2. The number of aliphatic hydroxyl groups is 1. The first kappa shape index (κ1) is 59.0. The minimum atomic E-state index is -1.67. The van der Waals surface area contributed by atoms with E-state index in [-0.39, 0.29) is 67.6 Å². The van der Waals surface area contributed by atoms with Gasteiger partial charge in [-0.3, -0.25) is 28.8 Å². The number of hydrogen-bond donors (Lipinski definition) is 9. The van der Waals surface area contributed by atoms with E-state index in [4.69, 9.17) is 25.5 Å². The van der Waals surface area contributed by atoms with Gasteiger partial charge >= 0.3 is 7.12 Å². The zero-order valence-electron chi connectivity index (χ0n) is 44.7. The lowest BCUT2D eigenvalue weighted by Crippen LogP contribution is -2.65. The molecule has 73 heavy (non-hydrogen) atoms. The molecule has 18 nitrogen and oxygen atoms in total. The minimum absolute atomic E-state index is 0.00185. The molecular formula is C54H85BN8O10. The molecule has 6 amide bonds. The molecule has 1 aliphatic heterocycles. The van der Waals surface area contributed by atoms with Gasteiger partial charge in [0, 0.05) is 25.1 Å². The predicted octanol–water partition coefficient (Wildman–Crippen LogP) is 3.65. The molecule has 11 N–H and O–H groups in total. The zero-order valence-corrected chi connectivity index (χ0v) is 44.7. The first-order valence-electron chi connectivity index (χ1n) is 26.6. The normalized spacial score (nSPS) is 22.2. The number of ether oxygens (including phenoxy) is 1. The Labute approximate surface area is 433 Å². The summed E-state index contributed by atoms with van der Waals surface area (Å²) in [4.78, 5) is 81.9. The van der Waals surface area contributed by atoms with Gasteiger partial charge < -0.3 is 62.5 Å². The summed E-state index contributed by atoms with van der Waals surface area (Å²) >= 11 is 0. The van der Waals surface area contributed by atoms with E-state index in [1.807, 2.05) is 46.8 Å². The highest BCUT2D eigenvalue weighted by Crippen LogP contribution is 2.65. The van der Waals surface area contributed by atoms with Gasteiger partial charge in [0.1, 0.15) is 18.1 Å². The lowest BCUT2D eigenvalue weighted by atomic mass is 9.43. The topological polar surface area (TPSA) is 275 Å². The second-order valence-corrected chi connectivity index (χ2v) is 22.0. The molecule has 6 rings (SSSR count). The zero-order chi connectivity index (χ0) is 53.6. The summed E-state index contributed by atoms with van der Waals surface area (Å²) in [6.45, 7) is 18.0. The van der Waals surface area contributed by atoms with Crippen LogP contribution in [0, 0.1) is 29.1 Å². The van der Waals surface area contributed by atoms with E-state index in [2.05, 4.69) is 76.9 Å². The smallest absolute Gasteiger partial charge is 0.404 e. The third-order valence-electron chi connectivity index (χ3n) is 15.0. The van der Waals surface area contributed by atoms with Crippen LogP contribution in [0.5, 0.6) is 0 Å². The van der Waals surface area contributed by atoms with Gasteiger partial charge in [0.15, 0.2) is 6.17 Å². The van der Waals surface area contributed by atoms with E-state index in [1.54, 1.807) is 19.1 Å². The molecule has 10 atom stereocenters. The van der Waals surface area contributed by atoms with E-state index in [0.717, 1.165) is 43.2 Å². The summed E-state index contributed by atoms with van der Waals surface area (Å²) in [7, 11) is -0.900. The first-order chi connectivity index (χ1) is 34.6. The van der Waals surface area contributed by atoms with Crippen molar-refractivity contribution < 1.29 is 47.9 Å². The van der Waals surface area contributed by atoms with Crippen molar-refractivity contribution in [3.05, 3.63) is 59.7 Å². The summed E-state index contributed by atoms with van der Waals surface area (Å²) in [5.41, 5.74) is 15.3. The molecule has 0 radical (unpaired) electrons. The number of carbonyl (C=O) groups is 6. The van der Waals surface area contributed by atoms with Crippen LogP contribution in [-0.2, 0) is 44.4 Å². The summed E-state index contributed by atoms with van der Waals surface area (Å²) in [5, 5.41) is 26.7. The Kier molecular flexibility index (Phi) is 21.8. The highest BCUT2D eigenvalue weighted by Gasteiger charge is 2.68. The molecule has 404 valence electrons. The first-order valence-corrected chi connectivity index (χ1v) is 26.6. The third kappa shape index (κ3) is 15.8. The Morgan fingerprint density at radius 3 is 2.05 bits per heavy atom. The summed E-state index contributed by atoms with van der Waals surface area (Å²) in [5.74, 6) is -3.98. The van der Waals surface area contributed by atoms with Crippen LogP contribution in [0.15, 0.2) is 48.5 Å². The van der Waals surface area contributed by atoms with Crippen LogP contribution in [0.25, 0.3) is 11.1 Å². The minimum Gasteiger partial charge on any atom is -0.404 e. The van der Waals surface area contributed by atoms with Gasteiger partial charge in [-0.05, 0) is 130 Å². The molecule has 4 aliphatic rings. The summed E-state index contributed by atoms with van der Waals surface area (Å²) < 4.78 is 18.8. The van der Waals surface area contributed by atoms with Gasteiger partial charge in [-0.25, -0.2) is 0 Å². The Morgan fingerprint density at radius 2 is 1.45 bits per heavy atom. The fraction of sp³-hybridized carbons (Fsp3) is 0.667. The average molecular weight is 1020 g/mol. The van der Waals surface area contributed by atoms with Gasteiger partial charge in [-0.15, -0.1) is 0 Å². The molecule has 2 bridgehead atoms. The Bertz CT molecular complexity index is 2160. The quantitative estimate of drug-likeness (QED) is 0.0321. The number of hydrogen-bond acceptors (Lipinski definition) is 12. The highest BCUT2D eigenvalue weighted by molar-refractivity contribution is 6.48. The molecule has 1 heterocycles. The second kappa shape index (κ2) is 27.0. The molecule has 19 heteroatoms. The lowest BCUT2D eigenvalue weighted by molar-refractivity contribution is -0.199. The maximum absolute atomic E-state index is 14.0. The molecule has 3 aliphatic carbocycles. The molecule has 2 aromatic rings.